The molecule has 20 heavy (non-hydrogen) atoms. The van der Waals surface area contributed by atoms with E-state index < -0.39 is 0 Å². The van der Waals surface area contributed by atoms with Crippen LogP contribution in [0.2, 0.25) is 0 Å². The largest absolute Gasteiger partial charge is 0.476 e. The molecule has 0 saturated heterocycles. The number of nitrogens with two attached hydrogens (primary N) is 1. The van der Waals surface area contributed by atoms with E-state index in [1.165, 1.54) is 12.8 Å². The molecule has 1 aromatic heterocycles. The molecular weight excluding hydrogens is 254 g/mol. The lowest BCUT2D eigenvalue weighted by molar-refractivity contribution is 0.220. The average Bonchev–Trinajstić information content (AvgIpc) is 3.23. The van der Waals surface area contributed by atoms with Crippen LogP contribution in [0.5, 0.6) is 11.8 Å². The Morgan fingerprint density at radius 2 is 2.10 bits per heavy atom. The van der Waals surface area contributed by atoms with Crippen molar-refractivity contribution in [2.45, 2.75) is 32.7 Å². The minimum absolute atomic E-state index is 0.438. The molecule has 0 amide bonds. The van der Waals surface area contributed by atoms with Crippen LogP contribution in [0.1, 0.15) is 26.7 Å². The van der Waals surface area contributed by atoms with Crippen molar-refractivity contribution in [3.05, 3.63) is 12.1 Å². The third kappa shape index (κ3) is 4.56. The van der Waals surface area contributed by atoms with E-state index in [9.17, 15) is 0 Å². The van der Waals surface area contributed by atoms with E-state index in [2.05, 4.69) is 30.8 Å². The summed E-state index contributed by atoms with van der Waals surface area (Å²) < 4.78 is 11.3. The molecule has 5 nitrogen and oxygen atoms in total. The fraction of sp³-hybridized carbons (Fsp3) is 0.667. The van der Waals surface area contributed by atoms with Crippen LogP contribution in [0.15, 0.2) is 12.1 Å². The molecule has 1 aliphatic carbocycles. The van der Waals surface area contributed by atoms with Gasteiger partial charge in [0, 0.05) is 18.7 Å². The first-order chi connectivity index (χ1) is 9.56. The molecule has 0 unspecified atom stereocenters. The lowest BCUT2D eigenvalue weighted by Crippen LogP contribution is -2.26. The Hall–Kier alpha value is -1.49. The van der Waals surface area contributed by atoms with Crippen LogP contribution < -0.4 is 15.2 Å². The first-order valence-corrected chi connectivity index (χ1v) is 7.28. The van der Waals surface area contributed by atoms with Crippen LogP contribution in [0, 0.1) is 5.92 Å². The van der Waals surface area contributed by atoms with E-state index >= 15 is 0 Å². The van der Waals surface area contributed by atoms with Crippen LogP contribution in [-0.4, -0.2) is 42.7 Å². The van der Waals surface area contributed by atoms with Gasteiger partial charge < -0.3 is 20.1 Å². The summed E-state index contributed by atoms with van der Waals surface area (Å²) in [6.07, 6.45) is 2.62. The molecule has 1 aliphatic rings. The first-order valence-electron chi connectivity index (χ1n) is 7.28. The van der Waals surface area contributed by atoms with Crippen molar-refractivity contribution in [3.63, 3.8) is 0 Å². The maximum absolute atomic E-state index is 5.85. The van der Waals surface area contributed by atoms with E-state index in [0.717, 1.165) is 12.6 Å². The number of nitrogen functional groups attached to an aromatic ring is 1. The van der Waals surface area contributed by atoms with E-state index in [-0.39, 0.29) is 0 Å². The SMILES string of the molecule is CC(C)COc1nc(OCCN(C)C2CC2)ccc1N. The maximum Gasteiger partial charge on any atom is 0.240 e. The molecule has 2 rings (SSSR count). The number of hydrogen-bond donors (Lipinski definition) is 1. The van der Waals surface area contributed by atoms with Crippen molar-refractivity contribution in [2.24, 2.45) is 5.92 Å². The summed E-state index contributed by atoms with van der Waals surface area (Å²) in [4.78, 5) is 6.64. The zero-order valence-electron chi connectivity index (χ0n) is 12.6. The molecule has 112 valence electrons. The number of ether oxygens (including phenoxy) is 2. The van der Waals surface area contributed by atoms with Crippen molar-refractivity contribution in [3.8, 4) is 11.8 Å². The molecule has 1 fully saturated rings. The molecule has 0 aliphatic heterocycles. The number of anilines is 1. The molecule has 1 aromatic rings. The maximum atomic E-state index is 5.85. The van der Waals surface area contributed by atoms with E-state index in [1.54, 1.807) is 12.1 Å². The van der Waals surface area contributed by atoms with Crippen molar-refractivity contribution in [2.75, 3.05) is 32.5 Å². The van der Waals surface area contributed by atoms with Gasteiger partial charge in [0.2, 0.25) is 11.8 Å². The van der Waals surface area contributed by atoms with Crippen LogP contribution >= 0.6 is 0 Å². The van der Waals surface area contributed by atoms with Gasteiger partial charge >= 0.3 is 0 Å². The molecule has 1 saturated carbocycles. The lowest BCUT2D eigenvalue weighted by atomic mass is 10.2. The van der Waals surface area contributed by atoms with E-state index in [4.69, 9.17) is 15.2 Å². The van der Waals surface area contributed by atoms with Crippen LogP contribution in [-0.2, 0) is 0 Å². The van der Waals surface area contributed by atoms with Gasteiger partial charge in [0.25, 0.3) is 0 Å². The highest BCUT2D eigenvalue weighted by atomic mass is 16.5. The van der Waals surface area contributed by atoms with E-state index in [1.807, 2.05) is 0 Å². The second-order valence-electron chi connectivity index (χ2n) is 5.81. The number of nitrogens with zero attached hydrogens (tertiary/aromatic N) is 2. The van der Waals surface area contributed by atoms with Gasteiger partial charge in [-0.05, 0) is 31.9 Å². The monoisotopic (exact) mass is 279 g/mol. The van der Waals surface area contributed by atoms with E-state index in [0.29, 0.717) is 36.6 Å². The smallest absolute Gasteiger partial charge is 0.240 e. The van der Waals surface area contributed by atoms with Crippen molar-refractivity contribution < 1.29 is 9.47 Å². The molecule has 0 aromatic carbocycles. The molecule has 0 radical (unpaired) electrons. The van der Waals surface area contributed by atoms with Crippen molar-refractivity contribution in [1.29, 1.82) is 0 Å². The highest BCUT2D eigenvalue weighted by molar-refractivity contribution is 5.49. The Balaban J connectivity index is 1.82. The summed E-state index contributed by atoms with van der Waals surface area (Å²) in [5.74, 6) is 1.47. The topological polar surface area (TPSA) is 60.6 Å². The fourth-order valence-corrected chi connectivity index (χ4v) is 1.87. The predicted octanol–water partition coefficient (Wildman–Crippen LogP) is 2.17. The summed E-state index contributed by atoms with van der Waals surface area (Å²) in [5.41, 5.74) is 6.40. The molecule has 1 heterocycles. The third-order valence-corrected chi connectivity index (χ3v) is 3.28. The summed E-state index contributed by atoms with van der Waals surface area (Å²) >= 11 is 0. The van der Waals surface area contributed by atoms with Gasteiger partial charge in [-0.2, -0.15) is 4.98 Å². The quantitative estimate of drug-likeness (QED) is 0.790. The van der Waals surface area contributed by atoms with Gasteiger partial charge in [-0.3, -0.25) is 0 Å². The molecule has 2 N–H and O–H groups in total. The summed E-state index contributed by atoms with van der Waals surface area (Å²) in [6, 6.07) is 4.32. The molecule has 5 heteroatoms. The Kier molecular flexibility index (Phi) is 5.06. The number of rotatable bonds is 8. The Morgan fingerprint density at radius 3 is 2.75 bits per heavy atom. The zero-order chi connectivity index (χ0) is 14.5. The van der Waals surface area contributed by atoms with Crippen LogP contribution in [0.4, 0.5) is 5.69 Å². The standard InChI is InChI=1S/C15H25N3O2/c1-11(2)10-20-15-13(16)6-7-14(17-15)19-9-8-18(3)12-4-5-12/h6-7,11-12H,4-5,8-10,16H2,1-3H3. The number of likely N-dealkylation sites (N-methyl/N-ethyl adjacent to an activating group) is 1. The second-order valence-corrected chi connectivity index (χ2v) is 5.81. The van der Waals surface area contributed by atoms with Gasteiger partial charge in [0.1, 0.15) is 6.61 Å². The Bertz CT molecular complexity index is 433. The molecular formula is C15H25N3O2. The number of hydrogen-bond acceptors (Lipinski definition) is 5. The van der Waals surface area contributed by atoms with Gasteiger partial charge in [-0.1, -0.05) is 13.8 Å². The van der Waals surface area contributed by atoms with Crippen LogP contribution in [0.25, 0.3) is 0 Å². The van der Waals surface area contributed by atoms with Crippen molar-refractivity contribution >= 4 is 5.69 Å². The Morgan fingerprint density at radius 1 is 1.35 bits per heavy atom. The first kappa shape index (κ1) is 14.9. The number of aromatic nitrogens is 1. The zero-order valence-corrected chi connectivity index (χ0v) is 12.6. The van der Waals surface area contributed by atoms with Gasteiger partial charge in [0.05, 0.1) is 12.3 Å². The normalized spacial score (nSPS) is 14.8. The van der Waals surface area contributed by atoms with Gasteiger partial charge in [-0.25, -0.2) is 0 Å². The minimum atomic E-state index is 0.438. The number of pyridine rings is 1. The Labute approximate surface area is 121 Å². The fourth-order valence-electron chi connectivity index (χ4n) is 1.87. The lowest BCUT2D eigenvalue weighted by Gasteiger charge is -2.16. The highest BCUT2D eigenvalue weighted by Crippen LogP contribution is 2.25. The van der Waals surface area contributed by atoms with Gasteiger partial charge in [0.15, 0.2) is 0 Å². The predicted molar refractivity (Wildman–Crippen MR) is 80.1 cm³/mol. The summed E-state index contributed by atoms with van der Waals surface area (Å²) in [7, 11) is 2.13. The van der Waals surface area contributed by atoms with Crippen molar-refractivity contribution in [1.82, 2.24) is 9.88 Å². The summed E-state index contributed by atoms with van der Waals surface area (Å²) in [5, 5.41) is 0. The van der Waals surface area contributed by atoms with Gasteiger partial charge in [-0.15, -0.1) is 0 Å². The molecule has 0 spiro atoms. The third-order valence-electron chi connectivity index (χ3n) is 3.28. The molecule has 0 bridgehead atoms. The second kappa shape index (κ2) is 6.79. The highest BCUT2D eigenvalue weighted by Gasteiger charge is 2.25. The summed E-state index contributed by atoms with van der Waals surface area (Å²) in [6.45, 7) is 6.33. The minimum Gasteiger partial charge on any atom is -0.476 e. The average molecular weight is 279 g/mol. The molecule has 0 atom stereocenters. The van der Waals surface area contributed by atoms with Crippen LogP contribution in [0.3, 0.4) is 0 Å².